The first-order valence-electron chi connectivity index (χ1n) is 10.1. The number of aryl methyl sites for hydroxylation is 1. The van der Waals surface area contributed by atoms with Crippen LogP contribution in [0.15, 0.2) is 60.0 Å². The van der Waals surface area contributed by atoms with Gasteiger partial charge in [0.2, 0.25) is 5.91 Å². The van der Waals surface area contributed by atoms with E-state index >= 15 is 0 Å². The van der Waals surface area contributed by atoms with Crippen LogP contribution < -0.4 is 15.4 Å². The predicted molar refractivity (Wildman–Crippen MR) is 131 cm³/mol. The smallest absolute Gasteiger partial charge is 0.341 e. The van der Waals surface area contributed by atoms with Gasteiger partial charge in [-0.2, -0.15) is 0 Å². The fourth-order valence-corrected chi connectivity index (χ4v) is 4.31. The summed E-state index contributed by atoms with van der Waals surface area (Å²) in [5.74, 6) is 0.0654. The second kappa shape index (κ2) is 11.4. The minimum absolute atomic E-state index is 0.136. The fourth-order valence-electron chi connectivity index (χ4n) is 3.06. The minimum atomic E-state index is -0.458. The van der Waals surface area contributed by atoms with E-state index in [9.17, 15) is 9.59 Å². The Morgan fingerprint density at radius 1 is 1.06 bits per heavy atom. The molecule has 8 heteroatoms. The first kappa shape index (κ1) is 23.4. The molecule has 2 aromatic carbocycles. The molecule has 2 N–H and O–H groups in total. The van der Waals surface area contributed by atoms with Crippen molar-refractivity contribution in [1.29, 1.82) is 0 Å². The number of rotatable bonds is 8. The highest BCUT2D eigenvalue weighted by molar-refractivity contribution is 7.80. The van der Waals surface area contributed by atoms with Gasteiger partial charge in [0.05, 0.1) is 13.7 Å². The summed E-state index contributed by atoms with van der Waals surface area (Å²) in [5, 5.41) is 8.17. The van der Waals surface area contributed by atoms with Gasteiger partial charge in [0, 0.05) is 17.4 Å². The molecule has 1 amide bonds. The summed E-state index contributed by atoms with van der Waals surface area (Å²) in [6, 6.07) is 17.2. The molecule has 0 saturated heterocycles. The van der Waals surface area contributed by atoms with Crippen molar-refractivity contribution >= 4 is 45.5 Å². The topological polar surface area (TPSA) is 76.7 Å². The molecule has 0 aliphatic heterocycles. The molecule has 0 spiro atoms. The standard InChI is InChI=1S/C24H24N2O4S2/c1-3-30-23(28)21-19(17-10-12-18(29-2)13-11-17)15-32-22(21)26-24(31)25-20(27)14-9-16-7-5-4-6-8-16/h4-8,10-13,15H,3,9,14H2,1-2H3,(H2,25,26,27,31). The third-order valence-electron chi connectivity index (χ3n) is 4.64. The van der Waals surface area contributed by atoms with Gasteiger partial charge in [0.1, 0.15) is 16.3 Å². The van der Waals surface area contributed by atoms with Crippen LogP contribution >= 0.6 is 23.6 Å². The number of thiocarbonyl (C=S) groups is 1. The highest BCUT2D eigenvalue weighted by Crippen LogP contribution is 2.36. The van der Waals surface area contributed by atoms with E-state index in [0.29, 0.717) is 23.4 Å². The van der Waals surface area contributed by atoms with Crippen LogP contribution in [0, 0.1) is 0 Å². The average Bonchev–Trinajstić information content (AvgIpc) is 3.22. The number of hydrogen-bond donors (Lipinski definition) is 2. The maximum absolute atomic E-state index is 12.7. The van der Waals surface area contributed by atoms with Crippen LogP contribution in [0.25, 0.3) is 11.1 Å². The molecule has 0 saturated carbocycles. The van der Waals surface area contributed by atoms with Crippen LogP contribution in [0.5, 0.6) is 5.75 Å². The van der Waals surface area contributed by atoms with E-state index in [0.717, 1.165) is 22.4 Å². The van der Waals surface area contributed by atoms with Crippen LogP contribution in [0.4, 0.5) is 5.00 Å². The maximum Gasteiger partial charge on any atom is 0.341 e. The molecule has 0 unspecified atom stereocenters. The van der Waals surface area contributed by atoms with Crippen LogP contribution in [0.1, 0.15) is 29.3 Å². The molecule has 6 nitrogen and oxygen atoms in total. The largest absolute Gasteiger partial charge is 0.497 e. The molecule has 0 bridgehead atoms. The predicted octanol–water partition coefficient (Wildman–Crippen LogP) is 5.05. The first-order chi connectivity index (χ1) is 15.5. The van der Waals surface area contributed by atoms with Gasteiger partial charge >= 0.3 is 5.97 Å². The molecule has 3 aromatic rings. The lowest BCUT2D eigenvalue weighted by Crippen LogP contribution is -2.34. The molecule has 166 valence electrons. The second-order valence-electron chi connectivity index (χ2n) is 6.79. The first-order valence-corrected chi connectivity index (χ1v) is 11.4. The maximum atomic E-state index is 12.7. The molecule has 32 heavy (non-hydrogen) atoms. The number of nitrogens with one attached hydrogen (secondary N) is 2. The second-order valence-corrected chi connectivity index (χ2v) is 8.08. The van der Waals surface area contributed by atoms with Gasteiger partial charge in [0.25, 0.3) is 0 Å². The Bertz CT molecular complexity index is 1080. The number of methoxy groups -OCH3 is 1. The zero-order valence-electron chi connectivity index (χ0n) is 17.8. The number of benzene rings is 2. The lowest BCUT2D eigenvalue weighted by Gasteiger charge is -2.11. The number of esters is 1. The van der Waals surface area contributed by atoms with E-state index in [1.54, 1.807) is 14.0 Å². The van der Waals surface area contributed by atoms with Crippen LogP contribution in [-0.2, 0) is 16.0 Å². The van der Waals surface area contributed by atoms with Gasteiger partial charge in [-0.1, -0.05) is 42.5 Å². The summed E-state index contributed by atoms with van der Waals surface area (Å²) in [5.41, 5.74) is 3.02. The Balaban J connectivity index is 1.71. The van der Waals surface area contributed by atoms with Gasteiger partial charge in [-0.15, -0.1) is 11.3 Å². The van der Waals surface area contributed by atoms with Crippen LogP contribution in [-0.4, -0.2) is 30.7 Å². The number of thiophene rings is 1. The number of carbonyl (C=O) groups is 2. The quantitative estimate of drug-likeness (QED) is 0.356. The lowest BCUT2D eigenvalue weighted by molar-refractivity contribution is -0.119. The summed E-state index contributed by atoms with van der Waals surface area (Å²) in [6.07, 6.45) is 0.919. The van der Waals surface area contributed by atoms with Gasteiger partial charge in [-0.25, -0.2) is 4.79 Å². The number of anilines is 1. The van der Waals surface area contributed by atoms with E-state index in [1.807, 2.05) is 60.0 Å². The fraction of sp³-hybridized carbons (Fsp3) is 0.208. The molecule has 0 fully saturated rings. The SMILES string of the molecule is CCOC(=O)c1c(-c2ccc(OC)cc2)csc1NC(=S)NC(=O)CCc1ccccc1. The van der Waals surface area contributed by atoms with Crippen molar-refractivity contribution < 1.29 is 19.1 Å². The number of hydrogen-bond acceptors (Lipinski definition) is 6. The van der Waals surface area contributed by atoms with Gasteiger partial charge < -0.3 is 20.1 Å². The lowest BCUT2D eigenvalue weighted by atomic mass is 10.0. The Morgan fingerprint density at radius 2 is 1.78 bits per heavy atom. The van der Waals surface area contributed by atoms with E-state index in [4.69, 9.17) is 21.7 Å². The normalized spacial score (nSPS) is 10.3. The van der Waals surface area contributed by atoms with Gasteiger partial charge in [-0.05, 0) is 48.8 Å². The summed E-state index contributed by atoms with van der Waals surface area (Å²) in [6.45, 7) is 2.00. The van der Waals surface area contributed by atoms with Crippen molar-refractivity contribution in [3.8, 4) is 16.9 Å². The van der Waals surface area contributed by atoms with E-state index < -0.39 is 5.97 Å². The molecular weight excluding hydrogens is 444 g/mol. The van der Waals surface area contributed by atoms with Gasteiger partial charge in [0.15, 0.2) is 5.11 Å². The Hall–Kier alpha value is -3.23. The zero-order valence-corrected chi connectivity index (χ0v) is 19.5. The number of amides is 1. The van der Waals surface area contributed by atoms with Crippen molar-refractivity contribution in [3.05, 3.63) is 71.1 Å². The summed E-state index contributed by atoms with van der Waals surface area (Å²) >= 11 is 6.63. The molecule has 0 aliphatic carbocycles. The van der Waals surface area contributed by atoms with Crippen LogP contribution in [0.2, 0.25) is 0 Å². The summed E-state index contributed by atoms with van der Waals surface area (Å²) in [7, 11) is 1.60. The van der Waals surface area contributed by atoms with E-state index in [-0.39, 0.29) is 17.6 Å². The van der Waals surface area contributed by atoms with Crippen molar-refractivity contribution in [2.75, 3.05) is 19.0 Å². The van der Waals surface area contributed by atoms with Crippen molar-refractivity contribution in [1.82, 2.24) is 5.32 Å². The highest BCUT2D eigenvalue weighted by Gasteiger charge is 2.22. The van der Waals surface area contributed by atoms with Crippen molar-refractivity contribution in [3.63, 3.8) is 0 Å². The van der Waals surface area contributed by atoms with E-state index in [2.05, 4.69) is 10.6 Å². The molecular formula is C24H24N2O4S2. The summed E-state index contributed by atoms with van der Waals surface area (Å²) in [4.78, 5) is 25.0. The Morgan fingerprint density at radius 3 is 2.44 bits per heavy atom. The molecule has 0 radical (unpaired) electrons. The van der Waals surface area contributed by atoms with Gasteiger partial charge in [-0.3, -0.25) is 4.79 Å². The van der Waals surface area contributed by atoms with Crippen LogP contribution in [0.3, 0.4) is 0 Å². The Labute approximate surface area is 196 Å². The van der Waals surface area contributed by atoms with Crippen molar-refractivity contribution in [2.45, 2.75) is 19.8 Å². The van der Waals surface area contributed by atoms with E-state index in [1.165, 1.54) is 11.3 Å². The minimum Gasteiger partial charge on any atom is -0.497 e. The third kappa shape index (κ3) is 6.15. The molecule has 0 atom stereocenters. The number of carbonyl (C=O) groups excluding carboxylic acids is 2. The molecule has 0 aliphatic rings. The van der Waals surface area contributed by atoms with Crippen molar-refractivity contribution in [2.24, 2.45) is 0 Å². The molecule has 1 aromatic heterocycles. The Kier molecular flexibility index (Phi) is 8.35. The summed E-state index contributed by atoms with van der Waals surface area (Å²) < 4.78 is 10.5. The molecule has 1 heterocycles. The molecule has 3 rings (SSSR count). The number of ether oxygens (including phenoxy) is 2. The third-order valence-corrected chi connectivity index (χ3v) is 5.73. The highest BCUT2D eigenvalue weighted by atomic mass is 32.1. The monoisotopic (exact) mass is 468 g/mol. The zero-order chi connectivity index (χ0) is 22.9. The average molecular weight is 469 g/mol.